The zero-order chi connectivity index (χ0) is 11.8. The third-order valence-electron chi connectivity index (χ3n) is 2.20. The first-order valence-corrected chi connectivity index (χ1v) is 7.04. The van der Waals surface area contributed by atoms with E-state index in [1.165, 1.54) is 17.7 Å². The van der Waals surface area contributed by atoms with Gasteiger partial charge in [-0.05, 0) is 36.8 Å². The number of rotatable bonds is 7. The number of hydrogen-bond acceptors (Lipinski definition) is 3. The van der Waals surface area contributed by atoms with Crippen molar-refractivity contribution in [3.05, 3.63) is 29.8 Å². The van der Waals surface area contributed by atoms with Gasteiger partial charge in [-0.25, -0.2) is 0 Å². The summed E-state index contributed by atoms with van der Waals surface area (Å²) in [5, 5.41) is 3.31. The molecule has 0 fully saturated rings. The molecule has 0 bridgehead atoms. The van der Waals surface area contributed by atoms with Crippen LogP contribution in [0.3, 0.4) is 0 Å². The van der Waals surface area contributed by atoms with E-state index in [-0.39, 0.29) is 6.04 Å². The molecule has 1 rings (SSSR count). The van der Waals surface area contributed by atoms with Crippen LogP contribution in [0.4, 0.5) is 5.69 Å². The summed E-state index contributed by atoms with van der Waals surface area (Å²) in [5.74, 6) is 2.35. The average molecular weight is 238 g/mol. The van der Waals surface area contributed by atoms with Crippen LogP contribution in [0.5, 0.6) is 0 Å². The number of anilines is 1. The van der Waals surface area contributed by atoms with Gasteiger partial charge in [-0.3, -0.25) is 0 Å². The lowest BCUT2D eigenvalue weighted by Crippen LogP contribution is -2.25. The van der Waals surface area contributed by atoms with E-state index in [0.29, 0.717) is 0 Å². The van der Waals surface area contributed by atoms with Crippen LogP contribution in [-0.2, 0) is 5.75 Å². The molecule has 90 valence electrons. The zero-order valence-corrected chi connectivity index (χ0v) is 11.0. The predicted octanol–water partition coefficient (Wildman–Crippen LogP) is 3.09. The van der Waals surface area contributed by atoms with Gasteiger partial charge in [0.1, 0.15) is 0 Å². The maximum absolute atomic E-state index is 5.69. The van der Waals surface area contributed by atoms with E-state index in [9.17, 15) is 0 Å². The van der Waals surface area contributed by atoms with Gasteiger partial charge in [-0.2, -0.15) is 11.8 Å². The second kappa shape index (κ2) is 7.58. The standard InChI is InChI=1S/C13H22N2S/c1-3-8-16-10-12-4-6-13(7-5-12)15-9-11(2)14/h4-7,11,15H,3,8-10,14H2,1-2H3. The Morgan fingerprint density at radius 2 is 2.00 bits per heavy atom. The van der Waals surface area contributed by atoms with Crippen molar-refractivity contribution in [1.82, 2.24) is 0 Å². The molecule has 0 aromatic heterocycles. The molecule has 0 saturated carbocycles. The molecule has 0 aliphatic carbocycles. The Bertz CT molecular complexity index is 282. The lowest BCUT2D eigenvalue weighted by molar-refractivity contribution is 0.780. The van der Waals surface area contributed by atoms with Crippen molar-refractivity contribution >= 4 is 17.4 Å². The quantitative estimate of drug-likeness (QED) is 0.717. The highest BCUT2D eigenvalue weighted by Gasteiger charge is 1.96. The van der Waals surface area contributed by atoms with Gasteiger partial charge >= 0.3 is 0 Å². The number of nitrogens with two attached hydrogens (primary N) is 1. The van der Waals surface area contributed by atoms with E-state index >= 15 is 0 Å². The molecule has 3 heteroatoms. The highest BCUT2D eigenvalue weighted by molar-refractivity contribution is 7.98. The first-order chi connectivity index (χ1) is 7.72. The van der Waals surface area contributed by atoms with Crippen LogP contribution in [0, 0.1) is 0 Å². The maximum Gasteiger partial charge on any atom is 0.0340 e. The molecule has 0 saturated heterocycles. The molecule has 3 N–H and O–H groups in total. The minimum absolute atomic E-state index is 0.194. The van der Waals surface area contributed by atoms with Crippen molar-refractivity contribution < 1.29 is 0 Å². The predicted molar refractivity (Wildman–Crippen MR) is 75.0 cm³/mol. The molecule has 0 radical (unpaired) electrons. The average Bonchev–Trinajstić information content (AvgIpc) is 2.28. The third-order valence-corrected chi connectivity index (χ3v) is 3.43. The summed E-state index contributed by atoms with van der Waals surface area (Å²) in [6, 6.07) is 8.83. The molecule has 1 aromatic carbocycles. The smallest absolute Gasteiger partial charge is 0.0340 e. The number of benzene rings is 1. The molecule has 0 aliphatic rings. The Morgan fingerprint density at radius 1 is 1.31 bits per heavy atom. The molecule has 1 atom stereocenters. The second-order valence-corrected chi connectivity index (χ2v) is 5.21. The van der Waals surface area contributed by atoms with E-state index in [4.69, 9.17) is 5.73 Å². The molecule has 2 nitrogen and oxygen atoms in total. The van der Waals surface area contributed by atoms with E-state index in [1.807, 2.05) is 18.7 Å². The Hall–Kier alpha value is -0.670. The number of thioether (sulfide) groups is 1. The van der Waals surface area contributed by atoms with Crippen LogP contribution in [0.2, 0.25) is 0 Å². The van der Waals surface area contributed by atoms with Gasteiger partial charge in [-0.15, -0.1) is 0 Å². The SMILES string of the molecule is CCCSCc1ccc(NCC(C)N)cc1. The fraction of sp³-hybridized carbons (Fsp3) is 0.538. The maximum atomic E-state index is 5.69. The van der Waals surface area contributed by atoms with Gasteiger partial charge < -0.3 is 11.1 Å². The fourth-order valence-corrected chi connectivity index (χ4v) is 2.19. The summed E-state index contributed by atoms with van der Waals surface area (Å²) in [6.07, 6.45) is 1.25. The van der Waals surface area contributed by atoms with Crippen molar-refractivity contribution in [2.24, 2.45) is 5.73 Å². The molecule has 1 aromatic rings. The van der Waals surface area contributed by atoms with Gasteiger partial charge in [0.05, 0.1) is 0 Å². The molecule has 0 aliphatic heterocycles. The molecule has 1 unspecified atom stereocenters. The van der Waals surface area contributed by atoms with E-state index in [2.05, 4.69) is 36.5 Å². The molecule has 16 heavy (non-hydrogen) atoms. The van der Waals surface area contributed by atoms with E-state index in [0.717, 1.165) is 18.0 Å². The summed E-state index contributed by atoms with van der Waals surface area (Å²) in [5.41, 5.74) is 8.23. The first kappa shape index (κ1) is 13.4. The first-order valence-electron chi connectivity index (χ1n) is 5.88. The van der Waals surface area contributed by atoms with Gasteiger partial charge in [0.25, 0.3) is 0 Å². The van der Waals surface area contributed by atoms with Gasteiger partial charge in [0, 0.05) is 24.0 Å². The Balaban J connectivity index is 2.35. The monoisotopic (exact) mass is 238 g/mol. The highest BCUT2D eigenvalue weighted by Crippen LogP contribution is 2.15. The van der Waals surface area contributed by atoms with Crippen molar-refractivity contribution in [3.63, 3.8) is 0 Å². The Kier molecular flexibility index (Phi) is 6.34. The molecule has 0 amide bonds. The van der Waals surface area contributed by atoms with Gasteiger partial charge in [0.15, 0.2) is 0 Å². The highest BCUT2D eigenvalue weighted by atomic mass is 32.2. The molecule has 0 spiro atoms. The van der Waals surface area contributed by atoms with Crippen LogP contribution >= 0.6 is 11.8 Å². The van der Waals surface area contributed by atoms with Gasteiger partial charge in [-0.1, -0.05) is 19.1 Å². The summed E-state index contributed by atoms with van der Waals surface area (Å²) < 4.78 is 0. The minimum atomic E-state index is 0.194. The summed E-state index contributed by atoms with van der Waals surface area (Å²) in [4.78, 5) is 0. The van der Waals surface area contributed by atoms with E-state index in [1.54, 1.807) is 0 Å². The molecular formula is C13H22N2S. The van der Waals surface area contributed by atoms with Crippen molar-refractivity contribution in [2.45, 2.75) is 32.1 Å². The van der Waals surface area contributed by atoms with Crippen molar-refractivity contribution in [2.75, 3.05) is 17.6 Å². The molecule has 0 heterocycles. The summed E-state index contributed by atoms with van der Waals surface area (Å²) in [6.45, 7) is 5.04. The van der Waals surface area contributed by atoms with Crippen LogP contribution in [-0.4, -0.2) is 18.3 Å². The largest absolute Gasteiger partial charge is 0.383 e. The van der Waals surface area contributed by atoms with Crippen molar-refractivity contribution in [1.29, 1.82) is 0 Å². The topological polar surface area (TPSA) is 38.0 Å². The Morgan fingerprint density at radius 3 is 2.56 bits per heavy atom. The zero-order valence-electron chi connectivity index (χ0n) is 10.2. The summed E-state index contributed by atoms with van der Waals surface area (Å²) >= 11 is 1.99. The van der Waals surface area contributed by atoms with Crippen molar-refractivity contribution in [3.8, 4) is 0 Å². The lowest BCUT2D eigenvalue weighted by atomic mass is 10.2. The number of hydrogen-bond donors (Lipinski definition) is 2. The normalized spacial score (nSPS) is 12.4. The van der Waals surface area contributed by atoms with Gasteiger partial charge in [0.2, 0.25) is 0 Å². The Labute approximate surface area is 103 Å². The second-order valence-electron chi connectivity index (χ2n) is 4.11. The third kappa shape index (κ3) is 5.42. The lowest BCUT2D eigenvalue weighted by Gasteiger charge is -2.09. The fourth-order valence-electron chi connectivity index (χ4n) is 1.33. The van der Waals surface area contributed by atoms with E-state index < -0.39 is 0 Å². The summed E-state index contributed by atoms with van der Waals surface area (Å²) in [7, 11) is 0. The number of nitrogens with one attached hydrogen (secondary N) is 1. The minimum Gasteiger partial charge on any atom is -0.383 e. The van der Waals surface area contributed by atoms with Crippen LogP contribution < -0.4 is 11.1 Å². The molecular weight excluding hydrogens is 216 g/mol. The van der Waals surface area contributed by atoms with Crippen LogP contribution in [0.1, 0.15) is 25.8 Å². The van der Waals surface area contributed by atoms with Crippen LogP contribution in [0.25, 0.3) is 0 Å². The van der Waals surface area contributed by atoms with Crippen LogP contribution in [0.15, 0.2) is 24.3 Å².